The van der Waals surface area contributed by atoms with Gasteiger partial charge in [0.2, 0.25) is 0 Å². The monoisotopic (exact) mass is 300 g/mol. The maximum atomic E-state index is 13.4. The number of halogens is 2. The second kappa shape index (κ2) is 5.29. The molecule has 0 bridgehead atoms. The highest BCUT2D eigenvalue weighted by molar-refractivity contribution is 9.10. The largest absolute Gasteiger partial charge is 0.482 e. The van der Waals surface area contributed by atoms with E-state index < -0.39 is 5.82 Å². The Hall–Kier alpha value is -1.40. The van der Waals surface area contributed by atoms with Crippen molar-refractivity contribution in [1.29, 1.82) is 0 Å². The van der Waals surface area contributed by atoms with E-state index in [-0.39, 0.29) is 12.4 Å². The molecule has 0 fully saturated rings. The van der Waals surface area contributed by atoms with Crippen LogP contribution in [0.5, 0.6) is 5.75 Å². The van der Waals surface area contributed by atoms with E-state index in [4.69, 9.17) is 15.0 Å². The number of hydrogen-bond donors (Lipinski definition) is 1. The summed E-state index contributed by atoms with van der Waals surface area (Å²) in [4.78, 5) is 0. The standard InChI is InChI=1S/C11H10BrFN2O2/c12-7-1-2-11(10(13)3-7)16-6-9-4-8(5-14)15-17-9/h1-4H,5-6,14H2. The zero-order chi connectivity index (χ0) is 12.3. The molecular formula is C11H10BrFN2O2. The summed E-state index contributed by atoms with van der Waals surface area (Å²) in [7, 11) is 0. The molecule has 0 saturated heterocycles. The predicted octanol–water partition coefficient (Wildman–Crippen LogP) is 2.61. The lowest BCUT2D eigenvalue weighted by Crippen LogP contribution is -1.97. The first-order valence-corrected chi connectivity index (χ1v) is 5.70. The van der Waals surface area contributed by atoms with Gasteiger partial charge in [0, 0.05) is 17.1 Å². The number of hydrogen-bond acceptors (Lipinski definition) is 4. The fourth-order valence-electron chi connectivity index (χ4n) is 1.26. The highest BCUT2D eigenvalue weighted by Crippen LogP contribution is 2.22. The first-order chi connectivity index (χ1) is 8.19. The van der Waals surface area contributed by atoms with Gasteiger partial charge in [-0.25, -0.2) is 4.39 Å². The molecule has 1 aromatic carbocycles. The second-order valence-electron chi connectivity index (χ2n) is 3.35. The molecule has 90 valence electrons. The summed E-state index contributed by atoms with van der Waals surface area (Å²) in [5.74, 6) is 0.240. The highest BCUT2D eigenvalue weighted by Gasteiger charge is 2.07. The molecule has 0 saturated carbocycles. The van der Waals surface area contributed by atoms with Gasteiger partial charge in [-0.1, -0.05) is 21.1 Å². The quantitative estimate of drug-likeness (QED) is 0.943. The van der Waals surface area contributed by atoms with Gasteiger partial charge < -0.3 is 15.0 Å². The van der Waals surface area contributed by atoms with Gasteiger partial charge in [0.1, 0.15) is 6.61 Å². The van der Waals surface area contributed by atoms with Gasteiger partial charge in [-0.3, -0.25) is 0 Å². The minimum atomic E-state index is -0.432. The number of rotatable bonds is 4. The van der Waals surface area contributed by atoms with Crippen molar-refractivity contribution in [3.8, 4) is 5.75 Å². The van der Waals surface area contributed by atoms with Crippen LogP contribution in [0.2, 0.25) is 0 Å². The van der Waals surface area contributed by atoms with Crippen LogP contribution in [0.1, 0.15) is 11.5 Å². The van der Waals surface area contributed by atoms with Gasteiger partial charge in [-0.05, 0) is 18.2 Å². The Kier molecular flexibility index (Phi) is 3.75. The lowest BCUT2D eigenvalue weighted by molar-refractivity contribution is 0.239. The van der Waals surface area contributed by atoms with Crippen molar-refractivity contribution in [3.05, 3.63) is 46.0 Å². The zero-order valence-electron chi connectivity index (χ0n) is 8.82. The molecule has 2 N–H and O–H groups in total. The molecule has 2 aromatic rings. The molecule has 0 spiro atoms. The molecule has 4 nitrogen and oxygen atoms in total. The summed E-state index contributed by atoms with van der Waals surface area (Å²) in [5, 5.41) is 3.70. The lowest BCUT2D eigenvalue weighted by Gasteiger charge is -2.04. The zero-order valence-corrected chi connectivity index (χ0v) is 10.4. The maximum absolute atomic E-state index is 13.4. The summed E-state index contributed by atoms with van der Waals surface area (Å²) in [6.45, 7) is 0.418. The van der Waals surface area contributed by atoms with Gasteiger partial charge in [0.25, 0.3) is 0 Å². The fraction of sp³-hybridized carbons (Fsp3) is 0.182. The molecule has 6 heteroatoms. The van der Waals surface area contributed by atoms with Gasteiger partial charge in [0.05, 0.1) is 5.69 Å². The molecule has 0 unspecified atom stereocenters. The van der Waals surface area contributed by atoms with E-state index in [0.717, 1.165) is 0 Å². The number of ether oxygens (including phenoxy) is 1. The molecule has 0 aliphatic carbocycles. The molecule has 0 radical (unpaired) electrons. The van der Waals surface area contributed by atoms with Crippen molar-refractivity contribution in [2.24, 2.45) is 5.73 Å². The number of aromatic nitrogens is 1. The Bertz CT molecular complexity index is 516. The first kappa shape index (κ1) is 12.1. The van der Waals surface area contributed by atoms with Crippen molar-refractivity contribution in [2.45, 2.75) is 13.2 Å². The van der Waals surface area contributed by atoms with E-state index in [0.29, 0.717) is 22.5 Å². The van der Waals surface area contributed by atoms with Crippen LogP contribution in [-0.4, -0.2) is 5.16 Å². The Morgan fingerprint density at radius 3 is 2.88 bits per heavy atom. The highest BCUT2D eigenvalue weighted by atomic mass is 79.9. The minimum absolute atomic E-state index is 0.117. The normalized spacial score (nSPS) is 10.5. The van der Waals surface area contributed by atoms with E-state index in [2.05, 4.69) is 21.1 Å². The summed E-state index contributed by atoms with van der Waals surface area (Å²) < 4.78 is 24.3. The van der Waals surface area contributed by atoms with Gasteiger partial charge in [-0.2, -0.15) is 0 Å². The van der Waals surface area contributed by atoms with E-state index in [1.54, 1.807) is 18.2 Å². The van der Waals surface area contributed by atoms with Crippen LogP contribution in [0, 0.1) is 5.82 Å². The Morgan fingerprint density at radius 1 is 1.41 bits per heavy atom. The SMILES string of the molecule is NCc1cc(COc2ccc(Br)cc2F)on1. The molecule has 1 heterocycles. The fourth-order valence-corrected chi connectivity index (χ4v) is 1.59. The maximum Gasteiger partial charge on any atom is 0.174 e. The third kappa shape index (κ3) is 3.04. The molecule has 17 heavy (non-hydrogen) atoms. The smallest absolute Gasteiger partial charge is 0.174 e. The summed E-state index contributed by atoms with van der Waals surface area (Å²) in [5.41, 5.74) is 6.02. The molecule has 0 amide bonds. The average molecular weight is 301 g/mol. The van der Waals surface area contributed by atoms with Crippen LogP contribution in [-0.2, 0) is 13.2 Å². The van der Waals surface area contributed by atoms with Crippen LogP contribution >= 0.6 is 15.9 Å². The predicted molar refractivity (Wildman–Crippen MR) is 62.8 cm³/mol. The lowest BCUT2D eigenvalue weighted by atomic mass is 10.3. The average Bonchev–Trinajstić information content (AvgIpc) is 2.76. The number of benzene rings is 1. The van der Waals surface area contributed by atoms with Crippen molar-refractivity contribution >= 4 is 15.9 Å². The van der Waals surface area contributed by atoms with Gasteiger partial charge in [0.15, 0.2) is 17.3 Å². The molecule has 1 aromatic heterocycles. The van der Waals surface area contributed by atoms with Crippen molar-refractivity contribution in [2.75, 3.05) is 0 Å². The third-order valence-electron chi connectivity index (χ3n) is 2.08. The minimum Gasteiger partial charge on any atom is -0.482 e. The van der Waals surface area contributed by atoms with Gasteiger partial charge >= 0.3 is 0 Å². The molecule has 0 atom stereocenters. The summed E-state index contributed by atoms with van der Waals surface area (Å²) >= 11 is 3.17. The Morgan fingerprint density at radius 2 is 2.24 bits per heavy atom. The van der Waals surface area contributed by atoms with Crippen molar-refractivity contribution in [1.82, 2.24) is 5.16 Å². The van der Waals surface area contributed by atoms with E-state index >= 15 is 0 Å². The van der Waals surface area contributed by atoms with E-state index in [1.165, 1.54) is 6.07 Å². The van der Waals surface area contributed by atoms with Crippen LogP contribution in [0.25, 0.3) is 0 Å². The van der Waals surface area contributed by atoms with Crippen molar-refractivity contribution in [3.63, 3.8) is 0 Å². The van der Waals surface area contributed by atoms with Crippen molar-refractivity contribution < 1.29 is 13.7 Å². The topological polar surface area (TPSA) is 61.3 Å². The third-order valence-corrected chi connectivity index (χ3v) is 2.57. The number of nitrogens with zero attached hydrogens (tertiary/aromatic N) is 1. The molecular weight excluding hydrogens is 291 g/mol. The first-order valence-electron chi connectivity index (χ1n) is 4.91. The Labute approximate surface area is 106 Å². The number of nitrogens with two attached hydrogens (primary N) is 1. The molecule has 0 aliphatic heterocycles. The molecule has 2 rings (SSSR count). The van der Waals surface area contributed by atoms with E-state index in [1.807, 2.05) is 0 Å². The Balaban J connectivity index is 2.02. The van der Waals surface area contributed by atoms with Crippen LogP contribution in [0.4, 0.5) is 4.39 Å². The second-order valence-corrected chi connectivity index (χ2v) is 4.27. The van der Waals surface area contributed by atoms with E-state index in [9.17, 15) is 4.39 Å². The van der Waals surface area contributed by atoms with Crippen LogP contribution < -0.4 is 10.5 Å². The summed E-state index contributed by atoms with van der Waals surface area (Å²) in [6, 6.07) is 6.25. The molecule has 0 aliphatic rings. The van der Waals surface area contributed by atoms with Gasteiger partial charge in [-0.15, -0.1) is 0 Å². The summed E-state index contributed by atoms with van der Waals surface area (Å²) in [6.07, 6.45) is 0. The van der Waals surface area contributed by atoms with Crippen LogP contribution in [0.3, 0.4) is 0 Å². The van der Waals surface area contributed by atoms with Crippen LogP contribution in [0.15, 0.2) is 33.3 Å².